The molecule has 0 fully saturated rings. The van der Waals surface area contributed by atoms with Gasteiger partial charge in [-0.15, -0.1) is 0 Å². The number of carbonyl (C=O) groups excluding carboxylic acids is 2. The van der Waals surface area contributed by atoms with Crippen LogP contribution in [0.4, 0.5) is 4.39 Å². The van der Waals surface area contributed by atoms with Crippen molar-refractivity contribution in [3.63, 3.8) is 0 Å². The zero-order valence-corrected chi connectivity index (χ0v) is 19.5. The Morgan fingerprint density at radius 1 is 1.06 bits per heavy atom. The third kappa shape index (κ3) is 6.91. The van der Waals surface area contributed by atoms with E-state index < -0.39 is 0 Å². The highest BCUT2D eigenvalue weighted by atomic mass is 19.1. The predicted molar refractivity (Wildman–Crippen MR) is 127 cm³/mol. The van der Waals surface area contributed by atoms with Crippen LogP contribution in [0.3, 0.4) is 0 Å². The largest absolute Gasteiger partial charge is 0.497 e. The van der Waals surface area contributed by atoms with Gasteiger partial charge in [0.25, 0.3) is 0 Å². The number of amides is 2. The summed E-state index contributed by atoms with van der Waals surface area (Å²) < 4.78 is 18.7. The lowest BCUT2D eigenvalue weighted by molar-refractivity contribution is -0.141. The van der Waals surface area contributed by atoms with E-state index in [1.165, 1.54) is 12.1 Å². The maximum atomic E-state index is 13.4. The van der Waals surface area contributed by atoms with E-state index in [9.17, 15) is 14.0 Å². The molecular weight excluding hydrogens is 419 g/mol. The molecule has 0 N–H and O–H groups in total. The first-order chi connectivity index (χ1) is 16.0. The highest BCUT2D eigenvalue weighted by Crippen LogP contribution is 2.28. The molecule has 0 bridgehead atoms. The van der Waals surface area contributed by atoms with Crippen molar-refractivity contribution in [2.45, 2.75) is 51.6 Å². The van der Waals surface area contributed by atoms with Gasteiger partial charge in [-0.05, 0) is 41.8 Å². The second-order valence-corrected chi connectivity index (χ2v) is 8.38. The molecule has 2 aromatic rings. The van der Waals surface area contributed by atoms with E-state index in [2.05, 4.69) is 6.92 Å². The minimum atomic E-state index is -0.316. The van der Waals surface area contributed by atoms with Crippen molar-refractivity contribution in [2.24, 2.45) is 0 Å². The summed E-state index contributed by atoms with van der Waals surface area (Å²) in [6.45, 7) is 2.90. The Morgan fingerprint density at radius 2 is 1.79 bits per heavy atom. The summed E-state index contributed by atoms with van der Waals surface area (Å²) in [5.74, 6) is 0.300. The first kappa shape index (κ1) is 24.5. The minimum Gasteiger partial charge on any atom is -0.497 e. The van der Waals surface area contributed by atoms with Crippen molar-refractivity contribution in [2.75, 3.05) is 20.2 Å². The van der Waals surface area contributed by atoms with Gasteiger partial charge in [0.15, 0.2) is 0 Å². The molecule has 0 aromatic heterocycles. The molecule has 1 aliphatic heterocycles. The molecule has 2 aromatic carbocycles. The van der Waals surface area contributed by atoms with Gasteiger partial charge in [0, 0.05) is 19.5 Å². The van der Waals surface area contributed by atoms with Gasteiger partial charge in [-0.3, -0.25) is 9.59 Å². The highest BCUT2D eigenvalue weighted by molar-refractivity contribution is 5.85. The van der Waals surface area contributed by atoms with Crippen LogP contribution in [0.2, 0.25) is 0 Å². The number of hydrogen-bond acceptors (Lipinski definition) is 3. The van der Waals surface area contributed by atoms with E-state index in [-0.39, 0.29) is 30.2 Å². The molecule has 1 aliphatic rings. The minimum absolute atomic E-state index is 0.00809. The fraction of sp³-hybridized carbons (Fsp3) is 0.407. The SMILES string of the molecule is CCCCCCC(=O)N1C/C=C\[C@H](c2ccc(OC)cc2)N(Cc2ccc(F)cc2)C(=O)C1. The Hall–Kier alpha value is -3.15. The summed E-state index contributed by atoms with van der Waals surface area (Å²) in [6.07, 6.45) is 8.49. The van der Waals surface area contributed by atoms with Crippen LogP contribution >= 0.6 is 0 Å². The maximum Gasteiger partial charge on any atom is 0.243 e. The lowest BCUT2D eigenvalue weighted by Crippen LogP contribution is -2.45. The molecule has 1 atom stereocenters. The molecule has 0 spiro atoms. The first-order valence-electron chi connectivity index (χ1n) is 11.6. The number of methoxy groups -OCH3 is 1. The summed E-state index contributed by atoms with van der Waals surface area (Å²) in [6, 6.07) is 13.5. The molecule has 6 heteroatoms. The zero-order valence-electron chi connectivity index (χ0n) is 19.5. The van der Waals surface area contributed by atoms with Gasteiger partial charge in [0.1, 0.15) is 18.1 Å². The molecule has 5 nitrogen and oxygen atoms in total. The van der Waals surface area contributed by atoms with Crippen molar-refractivity contribution in [1.29, 1.82) is 0 Å². The summed E-state index contributed by atoms with van der Waals surface area (Å²) in [5, 5.41) is 0. The monoisotopic (exact) mass is 452 g/mol. The standard InChI is InChI=1S/C27H33FN2O3/c1-3-4-5-6-9-26(31)29-18-7-8-25(22-12-16-24(33-2)17-13-22)30(27(32)20-29)19-21-10-14-23(28)15-11-21/h7-8,10-17,25H,3-6,9,18-20H2,1-2H3/b8-7-/t25-/m1/s1. The van der Waals surface area contributed by atoms with Crippen molar-refractivity contribution < 1.29 is 18.7 Å². The smallest absolute Gasteiger partial charge is 0.243 e. The number of nitrogens with zero attached hydrogens (tertiary/aromatic N) is 2. The summed E-state index contributed by atoms with van der Waals surface area (Å²) in [5.41, 5.74) is 1.77. The fourth-order valence-corrected chi connectivity index (χ4v) is 4.01. The molecule has 0 unspecified atom stereocenters. The summed E-state index contributed by atoms with van der Waals surface area (Å²) in [7, 11) is 1.61. The molecule has 0 saturated heterocycles. The van der Waals surface area contributed by atoms with Crippen molar-refractivity contribution in [3.05, 3.63) is 77.6 Å². The molecule has 3 rings (SSSR count). The van der Waals surface area contributed by atoms with Crippen LogP contribution in [0.25, 0.3) is 0 Å². The number of unbranched alkanes of at least 4 members (excludes halogenated alkanes) is 3. The number of rotatable bonds is 9. The van der Waals surface area contributed by atoms with Gasteiger partial charge in [-0.1, -0.05) is 62.6 Å². The second-order valence-electron chi connectivity index (χ2n) is 8.38. The number of hydrogen-bond donors (Lipinski definition) is 0. The van der Waals surface area contributed by atoms with Crippen LogP contribution in [-0.4, -0.2) is 41.8 Å². The molecule has 33 heavy (non-hydrogen) atoms. The maximum absolute atomic E-state index is 13.4. The van der Waals surface area contributed by atoms with E-state index in [1.54, 1.807) is 29.0 Å². The normalized spacial score (nSPS) is 17.4. The average Bonchev–Trinajstić information content (AvgIpc) is 2.82. The van der Waals surface area contributed by atoms with Gasteiger partial charge in [-0.2, -0.15) is 0 Å². The van der Waals surface area contributed by atoms with Gasteiger partial charge >= 0.3 is 0 Å². The van der Waals surface area contributed by atoms with E-state index in [0.29, 0.717) is 19.5 Å². The molecule has 0 radical (unpaired) electrons. The summed E-state index contributed by atoms with van der Waals surface area (Å²) >= 11 is 0. The first-order valence-corrected chi connectivity index (χ1v) is 11.6. The highest BCUT2D eigenvalue weighted by Gasteiger charge is 2.28. The molecule has 1 heterocycles. The third-order valence-corrected chi connectivity index (χ3v) is 5.95. The van der Waals surface area contributed by atoms with Gasteiger partial charge in [-0.25, -0.2) is 4.39 Å². The Balaban J connectivity index is 1.83. The topological polar surface area (TPSA) is 49.9 Å². The van der Waals surface area contributed by atoms with Crippen LogP contribution in [0, 0.1) is 5.82 Å². The van der Waals surface area contributed by atoms with Gasteiger partial charge in [0.2, 0.25) is 11.8 Å². The van der Waals surface area contributed by atoms with E-state index >= 15 is 0 Å². The second kappa shape index (κ2) is 12.2. The number of halogens is 1. The predicted octanol–water partition coefficient (Wildman–Crippen LogP) is 5.27. The van der Waals surface area contributed by atoms with Crippen molar-refractivity contribution in [3.8, 4) is 5.75 Å². The average molecular weight is 453 g/mol. The Kier molecular flexibility index (Phi) is 9.04. The Labute approximate surface area is 195 Å². The van der Waals surface area contributed by atoms with Crippen LogP contribution in [0.15, 0.2) is 60.7 Å². The lowest BCUT2D eigenvalue weighted by Gasteiger charge is -2.34. The third-order valence-electron chi connectivity index (χ3n) is 5.95. The molecule has 0 saturated carbocycles. The van der Waals surface area contributed by atoms with E-state index in [0.717, 1.165) is 42.6 Å². The Bertz CT molecular complexity index is 941. The van der Waals surface area contributed by atoms with Crippen LogP contribution in [0.5, 0.6) is 5.75 Å². The molecular formula is C27H33FN2O3. The van der Waals surface area contributed by atoms with Gasteiger partial charge < -0.3 is 14.5 Å². The molecule has 2 amide bonds. The van der Waals surface area contributed by atoms with Crippen LogP contribution in [0.1, 0.15) is 56.2 Å². The number of benzene rings is 2. The van der Waals surface area contributed by atoms with Crippen LogP contribution in [-0.2, 0) is 16.1 Å². The number of ether oxygens (including phenoxy) is 1. The fourth-order valence-electron chi connectivity index (χ4n) is 4.01. The molecule has 176 valence electrons. The molecule has 0 aliphatic carbocycles. The van der Waals surface area contributed by atoms with E-state index in [1.807, 2.05) is 36.4 Å². The van der Waals surface area contributed by atoms with Crippen molar-refractivity contribution in [1.82, 2.24) is 9.80 Å². The lowest BCUT2D eigenvalue weighted by atomic mass is 10.0. The number of carbonyl (C=O) groups is 2. The van der Waals surface area contributed by atoms with Crippen LogP contribution < -0.4 is 4.74 Å². The van der Waals surface area contributed by atoms with Gasteiger partial charge in [0.05, 0.1) is 13.2 Å². The van der Waals surface area contributed by atoms with Crippen molar-refractivity contribution >= 4 is 11.8 Å². The summed E-state index contributed by atoms with van der Waals surface area (Å²) in [4.78, 5) is 29.6. The Morgan fingerprint density at radius 3 is 2.45 bits per heavy atom. The van der Waals surface area contributed by atoms with E-state index in [4.69, 9.17) is 4.74 Å². The zero-order chi connectivity index (χ0) is 23.6. The quantitative estimate of drug-likeness (QED) is 0.385.